The molecule has 0 N–H and O–H groups in total. The SMILES string of the molecule is CCOc1ccccc1CN1CCC(C(=O)N2CCN(c3cccc(C)c3C)CC2)CC1. The number of amides is 1. The Labute approximate surface area is 193 Å². The number of anilines is 1. The first-order chi connectivity index (χ1) is 15.6. The second kappa shape index (κ2) is 10.4. The number of benzene rings is 2. The van der Waals surface area contributed by atoms with Gasteiger partial charge in [-0.3, -0.25) is 9.69 Å². The summed E-state index contributed by atoms with van der Waals surface area (Å²) in [4.78, 5) is 20.2. The highest BCUT2D eigenvalue weighted by molar-refractivity contribution is 5.79. The zero-order valence-corrected chi connectivity index (χ0v) is 19.8. The summed E-state index contributed by atoms with van der Waals surface area (Å²) in [5, 5.41) is 0. The van der Waals surface area contributed by atoms with Crippen molar-refractivity contribution in [2.24, 2.45) is 5.92 Å². The average Bonchev–Trinajstić information content (AvgIpc) is 2.82. The van der Waals surface area contributed by atoms with Crippen LogP contribution in [0.1, 0.15) is 36.5 Å². The molecule has 32 heavy (non-hydrogen) atoms. The van der Waals surface area contributed by atoms with Gasteiger partial charge in [0.2, 0.25) is 5.91 Å². The van der Waals surface area contributed by atoms with Crippen LogP contribution in [0.15, 0.2) is 42.5 Å². The van der Waals surface area contributed by atoms with Gasteiger partial charge in [-0.2, -0.15) is 0 Å². The number of para-hydroxylation sites is 1. The molecule has 0 bridgehead atoms. The Bertz CT molecular complexity index is 913. The summed E-state index contributed by atoms with van der Waals surface area (Å²) in [7, 11) is 0. The van der Waals surface area contributed by atoms with Crippen LogP contribution in [0.4, 0.5) is 5.69 Å². The maximum atomic E-state index is 13.2. The third-order valence-electron chi connectivity index (χ3n) is 7.11. The highest BCUT2D eigenvalue weighted by atomic mass is 16.5. The molecule has 0 atom stereocenters. The van der Waals surface area contributed by atoms with Crippen molar-refractivity contribution in [1.29, 1.82) is 0 Å². The fourth-order valence-corrected chi connectivity index (χ4v) is 5.01. The monoisotopic (exact) mass is 435 g/mol. The standard InChI is InChI=1S/C27H37N3O2/c1-4-32-26-11-6-5-9-24(26)20-28-14-12-23(13-15-28)27(31)30-18-16-29(17-19-30)25-10-7-8-21(2)22(25)3/h5-11,23H,4,12-20H2,1-3H3. The molecular formula is C27H37N3O2. The lowest BCUT2D eigenvalue weighted by molar-refractivity contribution is -0.137. The number of likely N-dealkylation sites (tertiary alicyclic amines) is 1. The molecule has 0 saturated carbocycles. The molecule has 2 heterocycles. The first kappa shape index (κ1) is 22.7. The summed E-state index contributed by atoms with van der Waals surface area (Å²) in [6.45, 7) is 13.4. The Hall–Kier alpha value is -2.53. The van der Waals surface area contributed by atoms with E-state index in [2.05, 4.69) is 58.9 Å². The molecule has 5 heteroatoms. The number of carbonyl (C=O) groups excluding carboxylic acids is 1. The highest BCUT2D eigenvalue weighted by Gasteiger charge is 2.31. The van der Waals surface area contributed by atoms with Crippen molar-refractivity contribution in [3.63, 3.8) is 0 Å². The van der Waals surface area contributed by atoms with E-state index in [-0.39, 0.29) is 5.92 Å². The number of aryl methyl sites for hydroxylation is 1. The predicted molar refractivity (Wildman–Crippen MR) is 130 cm³/mol. The normalized spacial score (nSPS) is 18.1. The fourth-order valence-electron chi connectivity index (χ4n) is 5.01. The van der Waals surface area contributed by atoms with E-state index in [1.54, 1.807) is 0 Å². The third kappa shape index (κ3) is 5.09. The second-order valence-corrected chi connectivity index (χ2v) is 9.12. The number of hydrogen-bond acceptors (Lipinski definition) is 4. The van der Waals surface area contributed by atoms with Gasteiger partial charge in [0.25, 0.3) is 0 Å². The lowest BCUT2D eigenvalue weighted by Gasteiger charge is -2.40. The molecule has 0 spiro atoms. The van der Waals surface area contributed by atoms with Crippen molar-refractivity contribution >= 4 is 11.6 Å². The molecule has 1 amide bonds. The summed E-state index contributed by atoms with van der Waals surface area (Å²) < 4.78 is 5.78. The molecule has 5 nitrogen and oxygen atoms in total. The van der Waals surface area contributed by atoms with Gasteiger partial charge in [0, 0.05) is 49.9 Å². The van der Waals surface area contributed by atoms with Crippen LogP contribution in [0.3, 0.4) is 0 Å². The van der Waals surface area contributed by atoms with Gasteiger partial charge in [0.05, 0.1) is 6.61 Å². The lowest BCUT2D eigenvalue weighted by atomic mass is 9.94. The molecule has 2 aliphatic heterocycles. The molecule has 2 fully saturated rings. The number of carbonyl (C=O) groups is 1. The zero-order valence-electron chi connectivity index (χ0n) is 19.8. The highest BCUT2D eigenvalue weighted by Crippen LogP contribution is 2.27. The predicted octanol–water partition coefficient (Wildman–Crippen LogP) is 4.26. The summed E-state index contributed by atoms with van der Waals surface area (Å²) in [6, 6.07) is 14.8. The molecule has 2 saturated heterocycles. The van der Waals surface area contributed by atoms with E-state index in [1.807, 2.05) is 19.1 Å². The van der Waals surface area contributed by atoms with Crippen LogP contribution in [0.5, 0.6) is 5.75 Å². The van der Waals surface area contributed by atoms with Crippen LogP contribution in [0.2, 0.25) is 0 Å². The van der Waals surface area contributed by atoms with Crippen molar-refractivity contribution in [3.05, 3.63) is 59.2 Å². The van der Waals surface area contributed by atoms with Crippen LogP contribution < -0.4 is 9.64 Å². The van der Waals surface area contributed by atoms with Gasteiger partial charge in [-0.15, -0.1) is 0 Å². The smallest absolute Gasteiger partial charge is 0.225 e. The van der Waals surface area contributed by atoms with E-state index >= 15 is 0 Å². The van der Waals surface area contributed by atoms with E-state index in [1.165, 1.54) is 22.4 Å². The first-order valence-electron chi connectivity index (χ1n) is 12.1. The molecular weight excluding hydrogens is 398 g/mol. The summed E-state index contributed by atoms with van der Waals surface area (Å²) in [5.41, 5.74) is 5.24. The minimum Gasteiger partial charge on any atom is -0.494 e. The molecule has 2 aromatic carbocycles. The minimum atomic E-state index is 0.167. The Morgan fingerprint density at radius 2 is 1.66 bits per heavy atom. The maximum Gasteiger partial charge on any atom is 0.225 e. The van der Waals surface area contributed by atoms with Crippen molar-refractivity contribution in [3.8, 4) is 5.75 Å². The zero-order chi connectivity index (χ0) is 22.5. The van der Waals surface area contributed by atoms with Gasteiger partial charge < -0.3 is 14.5 Å². The summed E-state index contributed by atoms with van der Waals surface area (Å²) in [5.74, 6) is 1.51. The molecule has 2 aliphatic rings. The van der Waals surface area contributed by atoms with Crippen molar-refractivity contribution < 1.29 is 9.53 Å². The van der Waals surface area contributed by atoms with Crippen LogP contribution >= 0.6 is 0 Å². The molecule has 0 aliphatic carbocycles. The first-order valence-corrected chi connectivity index (χ1v) is 12.1. The van der Waals surface area contributed by atoms with Crippen LogP contribution in [0, 0.1) is 19.8 Å². The lowest BCUT2D eigenvalue weighted by Crippen LogP contribution is -2.51. The largest absolute Gasteiger partial charge is 0.494 e. The van der Waals surface area contributed by atoms with Gasteiger partial charge in [-0.1, -0.05) is 30.3 Å². The Morgan fingerprint density at radius 1 is 0.938 bits per heavy atom. The van der Waals surface area contributed by atoms with Crippen molar-refractivity contribution in [1.82, 2.24) is 9.80 Å². The van der Waals surface area contributed by atoms with E-state index in [9.17, 15) is 4.79 Å². The summed E-state index contributed by atoms with van der Waals surface area (Å²) in [6.07, 6.45) is 1.90. The Balaban J connectivity index is 1.27. The Kier molecular flexibility index (Phi) is 7.36. The van der Waals surface area contributed by atoms with E-state index in [0.717, 1.165) is 64.4 Å². The van der Waals surface area contributed by atoms with E-state index in [0.29, 0.717) is 12.5 Å². The Morgan fingerprint density at radius 3 is 2.38 bits per heavy atom. The minimum absolute atomic E-state index is 0.167. The number of ether oxygens (including phenoxy) is 1. The van der Waals surface area contributed by atoms with Crippen LogP contribution in [-0.4, -0.2) is 61.6 Å². The van der Waals surface area contributed by atoms with Gasteiger partial charge in [-0.05, 0) is 70.0 Å². The molecule has 0 unspecified atom stereocenters. The van der Waals surface area contributed by atoms with Gasteiger partial charge in [-0.25, -0.2) is 0 Å². The van der Waals surface area contributed by atoms with Gasteiger partial charge in [0.15, 0.2) is 0 Å². The van der Waals surface area contributed by atoms with Crippen molar-refractivity contribution in [2.45, 2.75) is 40.2 Å². The van der Waals surface area contributed by atoms with E-state index < -0.39 is 0 Å². The number of nitrogens with zero attached hydrogens (tertiary/aromatic N) is 3. The van der Waals surface area contributed by atoms with Crippen LogP contribution in [0.25, 0.3) is 0 Å². The number of piperidine rings is 1. The molecule has 4 rings (SSSR count). The molecule has 0 radical (unpaired) electrons. The van der Waals surface area contributed by atoms with Crippen LogP contribution in [-0.2, 0) is 11.3 Å². The number of rotatable bonds is 6. The van der Waals surface area contributed by atoms with Gasteiger partial charge >= 0.3 is 0 Å². The fraction of sp³-hybridized carbons (Fsp3) is 0.519. The number of piperazine rings is 1. The molecule has 2 aromatic rings. The second-order valence-electron chi connectivity index (χ2n) is 9.12. The van der Waals surface area contributed by atoms with Gasteiger partial charge in [0.1, 0.15) is 5.75 Å². The average molecular weight is 436 g/mol. The molecule has 172 valence electrons. The van der Waals surface area contributed by atoms with E-state index in [4.69, 9.17) is 4.74 Å². The summed E-state index contributed by atoms with van der Waals surface area (Å²) >= 11 is 0. The topological polar surface area (TPSA) is 36.0 Å². The maximum absolute atomic E-state index is 13.2. The quantitative estimate of drug-likeness (QED) is 0.679. The third-order valence-corrected chi connectivity index (χ3v) is 7.11. The van der Waals surface area contributed by atoms with Crippen molar-refractivity contribution in [2.75, 3.05) is 50.8 Å². The molecule has 0 aromatic heterocycles. The number of hydrogen-bond donors (Lipinski definition) is 0.